The predicted octanol–water partition coefficient (Wildman–Crippen LogP) is -2.62. The van der Waals surface area contributed by atoms with Gasteiger partial charge in [-0.1, -0.05) is 0 Å². The van der Waals surface area contributed by atoms with E-state index < -0.39 is 65.5 Å². The fourth-order valence-electron chi connectivity index (χ4n) is 4.80. The molecule has 0 bridgehead atoms. The second-order valence-corrected chi connectivity index (χ2v) is 9.67. The number of nitrogens with two attached hydrogens (primary N) is 4. The lowest BCUT2D eigenvalue weighted by molar-refractivity contribution is -0.138. The Bertz CT molecular complexity index is 1020. The van der Waals surface area contributed by atoms with Crippen molar-refractivity contribution in [2.24, 2.45) is 40.7 Å². The summed E-state index contributed by atoms with van der Waals surface area (Å²) in [5, 5.41) is 14.3. The molecule has 1 heterocycles. The Morgan fingerprint density at radius 2 is 1.74 bits per heavy atom. The Morgan fingerprint density at radius 3 is 2.29 bits per heavy atom. The van der Waals surface area contributed by atoms with Crippen LogP contribution in [0.2, 0.25) is 0 Å². The quantitative estimate of drug-likeness (QED) is 0.116. The van der Waals surface area contributed by atoms with Gasteiger partial charge in [0.25, 0.3) is 0 Å². The zero-order valence-corrected chi connectivity index (χ0v) is 20.9. The first-order chi connectivity index (χ1) is 17.9. The van der Waals surface area contributed by atoms with Gasteiger partial charge in [0, 0.05) is 43.1 Å². The second kappa shape index (κ2) is 14.1. The van der Waals surface area contributed by atoms with E-state index in [9.17, 15) is 28.8 Å². The van der Waals surface area contributed by atoms with E-state index in [1.165, 1.54) is 6.33 Å². The largest absolute Gasteiger partial charge is 0.481 e. The standard InChI is InChI=1S/C23H36N8O7/c24-15(1-3-18(25)32)23(38)31-17-7-11(5-13-9-28-10-29-13)14(6-12(17)8-19(26)33)22(37)30-16(21(27)36)2-4-20(34)35/h9-12,14-17H,1-8,24H2,(H2,25,32)(H2,26,33)(H2,27,36)(H,28,29)(H,30,37)(H,31,38)(H,34,35)/t11?,12?,14-,15?,16?,17?/m0/s1. The molecule has 0 radical (unpaired) electrons. The van der Waals surface area contributed by atoms with Crippen molar-refractivity contribution in [3.63, 3.8) is 0 Å². The number of nitrogens with zero attached hydrogens (tertiary/aromatic N) is 1. The van der Waals surface area contributed by atoms with Crippen LogP contribution in [0.4, 0.5) is 0 Å². The number of hydrogen-bond donors (Lipinski definition) is 8. The van der Waals surface area contributed by atoms with Crippen LogP contribution >= 0.6 is 0 Å². The average molecular weight is 537 g/mol. The molecule has 5 unspecified atom stereocenters. The van der Waals surface area contributed by atoms with Crippen LogP contribution < -0.4 is 33.6 Å². The van der Waals surface area contributed by atoms with Crippen molar-refractivity contribution < 1.29 is 33.9 Å². The van der Waals surface area contributed by atoms with Crippen molar-refractivity contribution in [2.75, 3.05) is 0 Å². The molecule has 12 N–H and O–H groups in total. The van der Waals surface area contributed by atoms with Gasteiger partial charge in [-0.05, 0) is 43.9 Å². The number of carboxylic acid groups (broad SMARTS) is 1. The summed E-state index contributed by atoms with van der Waals surface area (Å²) in [6.07, 6.45) is 3.13. The first-order valence-electron chi connectivity index (χ1n) is 12.3. The van der Waals surface area contributed by atoms with Gasteiger partial charge < -0.3 is 43.7 Å². The van der Waals surface area contributed by atoms with Crippen LogP contribution in [-0.4, -0.2) is 68.7 Å². The fraction of sp³-hybridized carbons (Fsp3) is 0.609. The Kier molecular flexibility index (Phi) is 11.2. The van der Waals surface area contributed by atoms with Crippen molar-refractivity contribution >= 4 is 35.5 Å². The van der Waals surface area contributed by atoms with Crippen molar-refractivity contribution in [3.8, 4) is 0 Å². The van der Waals surface area contributed by atoms with Crippen molar-refractivity contribution in [1.29, 1.82) is 0 Å². The minimum atomic E-state index is -1.19. The fourth-order valence-corrected chi connectivity index (χ4v) is 4.80. The minimum Gasteiger partial charge on any atom is -0.481 e. The maximum Gasteiger partial charge on any atom is 0.303 e. The number of H-pyrrole nitrogens is 1. The molecule has 2 rings (SSSR count). The molecular weight excluding hydrogens is 500 g/mol. The number of imidazole rings is 1. The minimum absolute atomic E-state index is 0.0435. The van der Waals surface area contributed by atoms with Crippen LogP contribution in [-0.2, 0) is 35.2 Å². The lowest BCUT2D eigenvalue weighted by Gasteiger charge is -2.41. The highest BCUT2D eigenvalue weighted by atomic mass is 16.4. The number of rotatable bonds is 15. The first-order valence-corrected chi connectivity index (χ1v) is 12.3. The Labute approximate surface area is 218 Å². The molecule has 210 valence electrons. The Hall–Kier alpha value is -4.01. The number of carbonyl (C=O) groups excluding carboxylic acids is 5. The van der Waals surface area contributed by atoms with E-state index >= 15 is 0 Å². The van der Waals surface area contributed by atoms with Crippen LogP contribution in [0.25, 0.3) is 0 Å². The molecule has 1 fully saturated rings. The third-order valence-electron chi connectivity index (χ3n) is 6.76. The molecular formula is C23H36N8O7. The molecule has 15 nitrogen and oxygen atoms in total. The van der Waals surface area contributed by atoms with Crippen LogP contribution in [0, 0.1) is 17.8 Å². The van der Waals surface area contributed by atoms with E-state index in [2.05, 4.69) is 20.6 Å². The highest BCUT2D eigenvalue weighted by molar-refractivity contribution is 5.88. The molecule has 5 amide bonds. The smallest absolute Gasteiger partial charge is 0.303 e. The summed E-state index contributed by atoms with van der Waals surface area (Å²) >= 11 is 0. The number of primary amides is 3. The van der Waals surface area contributed by atoms with Crippen molar-refractivity contribution in [3.05, 3.63) is 18.2 Å². The van der Waals surface area contributed by atoms with Gasteiger partial charge in [-0.25, -0.2) is 4.98 Å². The average Bonchev–Trinajstić information content (AvgIpc) is 3.33. The van der Waals surface area contributed by atoms with Gasteiger partial charge in [-0.15, -0.1) is 0 Å². The molecule has 0 spiro atoms. The second-order valence-electron chi connectivity index (χ2n) is 9.67. The summed E-state index contributed by atoms with van der Waals surface area (Å²) in [5.41, 5.74) is 22.6. The number of carbonyl (C=O) groups is 6. The van der Waals surface area contributed by atoms with Gasteiger partial charge in [-0.2, -0.15) is 0 Å². The van der Waals surface area contributed by atoms with Crippen LogP contribution in [0.1, 0.15) is 50.6 Å². The summed E-state index contributed by atoms with van der Waals surface area (Å²) in [5.74, 6) is -5.92. The molecule has 0 saturated heterocycles. The SMILES string of the molecule is NC(=O)CCC(N)C(=O)NC1CC(Cc2cnc[nH]2)[C@@H](C(=O)NC(CCC(=O)O)C(N)=O)CC1CC(N)=O. The Morgan fingerprint density at radius 1 is 1.03 bits per heavy atom. The number of amides is 5. The van der Waals surface area contributed by atoms with E-state index in [0.717, 1.165) is 5.69 Å². The molecule has 0 aliphatic heterocycles. The van der Waals surface area contributed by atoms with Crippen LogP contribution in [0.5, 0.6) is 0 Å². The van der Waals surface area contributed by atoms with Gasteiger partial charge >= 0.3 is 5.97 Å². The molecule has 1 aliphatic carbocycles. The van der Waals surface area contributed by atoms with Crippen LogP contribution in [0.3, 0.4) is 0 Å². The summed E-state index contributed by atoms with van der Waals surface area (Å²) in [6, 6.07) is -2.76. The molecule has 1 saturated carbocycles. The summed E-state index contributed by atoms with van der Waals surface area (Å²) in [6.45, 7) is 0. The number of aromatic amines is 1. The lowest BCUT2D eigenvalue weighted by atomic mass is 9.68. The third-order valence-corrected chi connectivity index (χ3v) is 6.76. The third kappa shape index (κ3) is 9.46. The highest BCUT2D eigenvalue weighted by Gasteiger charge is 2.42. The predicted molar refractivity (Wildman–Crippen MR) is 132 cm³/mol. The summed E-state index contributed by atoms with van der Waals surface area (Å²) < 4.78 is 0. The van der Waals surface area contributed by atoms with Gasteiger partial charge in [0.15, 0.2) is 0 Å². The number of hydrogen-bond acceptors (Lipinski definition) is 8. The van der Waals surface area contributed by atoms with E-state index in [1.54, 1.807) is 6.20 Å². The number of nitrogens with one attached hydrogen (secondary N) is 3. The van der Waals surface area contributed by atoms with Crippen molar-refractivity contribution in [1.82, 2.24) is 20.6 Å². The maximum absolute atomic E-state index is 13.4. The maximum atomic E-state index is 13.4. The van der Waals surface area contributed by atoms with E-state index in [0.29, 0.717) is 6.42 Å². The van der Waals surface area contributed by atoms with Gasteiger partial charge in [0.2, 0.25) is 29.5 Å². The van der Waals surface area contributed by atoms with E-state index in [4.69, 9.17) is 28.0 Å². The lowest BCUT2D eigenvalue weighted by Crippen LogP contribution is -2.55. The summed E-state index contributed by atoms with van der Waals surface area (Å²) in [7, 11) is 0. The van der Waals surface area contributed by atoms with Gasteiger partial charge in [-0.3, -0.25) is 28.8 Å². The zero-order chi connectivity index (χ0) is 28.4. The monoisotopic (exact) mass is 536 g/mol. The number of aliphatic carboxylic acids is 1. The van der Waals surface area contributed by atoms with Gasteiger partial charge in [0.1, 0.15) is 6.04 Å². The van der Waals surface area contributed by atoms with E-state index in [1.807, 2.05) is 0 Å². The van der Waals surface area contributed by atoms with Gasteiger partial charge in [0.05, 0.1) is 12.4 Å². The molecule has 1 aromatic rings. The molecule has 6 atom stereocenters. The number of aromatic nitrogens is 2. The topological polar surface area (TPSA) is 279 Å². The highest BCUT2D eigenvalue weighted by Crippen LogP contribution is 2.38. The Balaban J connectivity index is 2.26. The first kappa shape index (κ1) is 30.2. The molecule has 1 aromatic heterocycles. The van der Waals surface area contributed by atoms with Crippen molar-refractivity contribution in [2.45, 2.75) is 69.5 Å². The van der Waals surface area contributed by atoms with Crippen LogP contribution in [0.15, 0.2) is 12.5 Å². The molecule has 1 aliphatic rings. The molecule has 0 aromatic carbocycles. The zero-order valence-electron chi connectivity index (χ0n) is 20.9. The number of carboxylic acids is 1. The van der Waals surface area contributed by atoms with E-state index in [-0.39, 0.29) is 50.9 Å². The normalized spacial score (nSPS) is 22.6. The molecule has 38 heavy (non-hydrogen) atoms. The summed E-state index contributed by atoms with van der Waals surface area (Å²) in [4.78, 5) is 78.8. The molecule has 15 heteroatoms.